The lowest BCUT2D eigenvalue weighted by Crippen LogP contribution is -2.32. The van der Waals surface area contributed by atoms with E-state index in [1.54, 1.807) is 7.11 Å². The molecule has 1 fully saturated rings. The summed E-state index contributed by atoms with van der Waals surface area (Å²) >= 11 is 0. The van der Waals surface area contributed by atoms with Crippen LogP contribution in [0.1, 0.15) is 54.4 Å². The number of hydrogen-bond acceptors (Lipinski definition) is 3. The van der Waals surface area contributed by atoms with Crippen LogP contribution in [0.2, 0.25) is 0 Å². The summed E-state index contributed by atoms with van der Waals surface area (Å²) in [4.78, 5) is 0. The van der Waals surface area contributed by atoms with Gasteiger partial charge in [0, 0.05) is 23.5 Å². The molecule has 0 unspecified atom stereocenters. The molecular weight excluding hydrogens is 516 g/mol. The molecule has 216 valence electrons. The molecule has 4 aromatic carbocycles. The Kier molecular flexibility index (Phi) is 8.91. The topological polar surface area (TPSA) is 35.4 Å². The van der Waals surface area contributed by atoms with Crippen molar-refractivity contribution in [1.29, 1.82) is 0 Å². The molecule has 0 atom stereocenters. The molecule has 0 amide bonds. The summed E-state index contributed by atoms with van der Waals surface area (Å²) in [6, 6.07) is 35.2. The highest BCUT2D eigenvalue weighted by Gasteiger charge is 2.18. The second-order valence-electron chi connectivity index (χ2n) is 11.6. The van der Waals surface area contributed by atoms with Gasteiger partial charge in [0.2, 0.25) is 0 Å². The quantitative estimate of drug-likeness (QED) is 0.176. The average molecular weight is 559 g/mol. The van der Waals surface area contributed by atoms with Gasteiger partial charge in [-0.3, -0.25) is 0 Å². The van der Waals surface area contributed by atoms with Crippen LogP contribution >= 0.6 is 0 Å². The molecular formula is C38H42N2O2. The Bertz CT molecular complexity index is 1580. The molecule has 1 N–H and O–H groups in total. The first-order valence-electron chi connectivity index (χ1n) is 15.4. The first-order valence-corrected chi connectivity index (χ1v) is 15.4. The Morgan fingerprint density at radius 2 is 1.48 bits per heavy atom. The summed E-state index contributed by atoms with van der Waals surface area (Å²) in [7, 11) is 1.71. The lowest BCUT2D eigenvalue weighted by molar-refractivity contribution is 0.306. The van der Waals surface area contributed by atoms with Crippen molar-refractivity contribution in [3.05, 3.63) is 119 Å². The highest BCUT2D eigenvalue weighted by molar-refractivity contribution is 5.92. The van der Waals surface area contributed by atoms with Gasteiger partial charge < -0.3 is 19.4 Å². The molecule has 1 aliphatic rings. The van der Waals surface area contributed by atoms with Gasteiger partial charge in [-0.05, 0) is 103 Å². The Morgan fingerprint density at radius 1 is 0.762 bits per heavy atom. The molecule has 5 aromatic rings. The van der Waals surface area contributed by atoms with E-state index in [0.29, 0.717) is 12.6 Å². The Balaban J connectivity index is 1.25. The lowest BCUT2D eigenvalue weighted by Gasteiger charge is -2.22. The van der Waals surface area contributed by atoms with Gasteiger partial charge in [0.1, 0.15) is 18.1 Å². The second kappa shape index (κ2) is 13.3. The summed E-state index contributed by atoms with van der Waals surface area (Å²) in [5.41, 5.74) is 8.74. The average Bonchev–Trinajstić information content (AvgIpc) is 3.32. The van der Waals surface area contributed by atoms with Crippen LogP contribution in [0.5, 0.6) is 11.5 Å². The van der Waals surface area contributed by atoms with E-state index in [0.717, 1.165) is 31.0 Å². The third kappa shape index (κ3) is 6.55. The highest BCUT2D eigenvalue weighted by Crippen LogP contribution is 2.36. The van der Waals surface area contributed by atoms with Crippen LogP contribution in [0.15, 0.2) is 97.1 Å². The van der Waals surface area contributed by atoms with Gasteiger partial charge in [0.25, 0.3) is 0 Å². The number of aromatic nitrogens is 1. The van der Waals surface area contributed by atoms with Crippen LogP contribution in [0.4, 0.5) is 0 Å². The second-order valence-corrected chi connectivity index (χ2v) is 11.6. The number of nitrogens with zero attached hydrogens (tertiary/aromatic N) is 1. The zero-order chi connectivity index (χ0) is 28.7. The number of fused-ring (bicyclic) bond motifs is 1. The molecule has 4 heteroatoms. The first-order chi connectivity index (χ1) is 20.7. The van der Waals surface area contributed by atoms with Gasteiger partial charge in [-0.25, -0.2) is 0 Å². The lowest BCUT2D eigenvalue weighted by atomic mass is 9.95. The van der Waals surface area contributed by atoms with Gasteiger partial charge in [-0.1, -0.05) is 73.9 Å². The number of nitrogens with one attached hydrogen (secondary N) is 1. The van der Waals surface area contributed by atoms with Gasteiger partial charge in [0.05, 0.1) is 12.8 Å². The van der Waals surface area contributed by atoms with E-state index in [-0.39, 0.29) is 0 Å². The minimum absolute atomic E-state index is 0.556. The molecule has 4 nitrogen and oxygen atoms in total. The van der Waals surface area contributed by atoms with Gasteiger partial charge >= 0.3 is 0 Å². The highest BCUT2D eigenvalue weighted by atomic mass is 16.5. The van der Waals surface area contributed by atoms with Crippen molar-refractivity contribution in [2.75, 3.05) is 13.7 Å². The van der Waals surface area contributed by atoms with E-state index in [4.69, 9.17) is 9.47 Å². The van der Waals surface area contributed by atoms with E-state index < -0.39 is 0 Å². The molecule has 0 bridgehead atoms. The fourth-order valence-corrected chi connectivity index (χ4v) is 6.34. The first kappa shape index (κ1) is 28.1. The Morgan fingerprint density at radius 3 is 2.21 bits per heavy atom. The number of benzene rings is 4. The summed E-state index contributed by atoms with van der Waals surface area (Å²) in [5, 5.41) is 5.00. The molecule has 1 heterocycles. The summed E-state index contributed by atoms with van der Waals surface area (Å²) < 4.78 is 14.1. The summed E-state index contributed by atoms with van der Waals surface area (Å²) in [6.07, 6.45) is 7.89. The van der Waals surface area contributed by atoms with Crippen molar-refractivity contribution in [2.45, 2.75) is 64.6 Å². The van der Waals surface area contributed by atoms with Crippen molar-refractivity contribution >= 4 is 10.9 Å². The van der Waals surface area contributed by atoms with E-state index in [9.17, 15) is 0 Å². The molecule has 6 rings (SSSR count). The monoisotopic (exact) mass is 558 g/mol. The Labute approximate surface area is 250 Å². The van der Waals surface area contributed by atoms with Crippen molar-refractivity contribution < 1.29 is 9.47 Å². The Hall–Kier alpha value is -4.02. The van der Waals surface area contributed by atoms with E-state index in [2.05, 4.69) is 83.5 Å². The van der Waals surface area contributed by atoms with Crippen LogP contribution in [-0.2, 0) is 19.6 Å². The fraction of sp³-hybridized carbons (Fsp3) is 0.316. The SMILES string of the molecule is COc1ccc(-c2c(C)c3cc(OCc4ccccc4)ccc3n2Cc2ccc(CCNC3CCCCC3)cc2)cc1. The number of aryl methyl sites for hydroxylation is 1. The van der Waals surface area contributed by atoms with Crippen molar-refractivity contribution in [2.24, 2.45) is 0 Å². The maximum Gasteiger partial charge on any atom is 0.120 e. The predicted molar refractivity (Wildman–Crippen MR) is 174 cm³/mol. The van der Waals surface area contributed by atoms with Crippen LogP contribution in [0.25, 0.3) is 22.2 Å². The van der Waals surface area contributed by atoms with E-state index in [1.165, 1.54) is 76.5 Å². The molecule has 0 saturated heterocycles. The maximum atomic E-state index is 6.21. The molecule has 0 radical (unpaired) electrons. The van der Waals surface area contributed by atoms with Crippen molar-refractivity contribution in [1.82, 2.24) is 9.88 Å². The van der Waals surface area contributed by atoms with Crippen LogP contribution in [-0.4, -0.2) is 24.3 Å². The smallest absolute Gasteiger partial charge is 0.120 e. The van der Waals surface area contributed by atoms with Gasteiger partial charge in [0.15, 0.2) is 0 Å². The zero-order valence-electron chi connectivity index (χ0n) is 24.9. The molecule has 1 saturated carbocycles. The van der Waals surface area contributed by atoms with E-state index in [1.807, 2.05) is 30.3 Å². The molecule has 0 aliphatic heterocycles. The minimum Gasteiger partial charge on any atom is -0.497 e. The third-order valence-corrected chi connectivity index (χ3v) is 8.72. The number of rotatable bonds is 11. The van der Waals surface area contributed by atoms with Crippen LogP contribution in [0.3, 0.4) is 0 Å². The third-order valence-electron chi connectivity index (χ3n) is 8.72. The molecule has 1 aliphatic carbocycles. The van der Waals surface area contributed by atoms with Crippen LogP contribution in [0, 0.1) is 6.92 Å². The van der Waals surface area contributed by atoms with Crippen molar-refractivity contribution in [3.8, 4) is 22.8 Å². The number of ether oxygens (including phenoxy) is 2. The number of hydrogen-bond donors (Lipinski definition) is 1. The van der Waals surface area contributed by atoms with Gasteiger partial charge in [-0.2, -0.15) is 0 Å². The number of methoxy groups -OCH3 is 1. The van der Waals surface area contributed by atoms with E-state index >= 15 is 0 Å². The maximum absolute atomic E-state index is 6.21. The molecule has 1 aromatic heterocycles. The predicted octanol–water partition coefficient (Wildman–Crippen LogP) is 8.72. The zero-order valence-corrected chi connectivity index (χ0v) is 24.9. The fourth-order valence-electron chi connectivity index (χ4n) is 6.34. The summed E-state index contributed by atoms with van der Waals surface area (Å²) in [5.74, 6) is 1.75. The molecule has 0 spiro atoms. The minimum atomic E-state index is 0.556. The standard InChI is InChI=1S/C38H42N2O2/c1-28-36-25-35(42-27-31-9-5-3-6-10-31)21-22-37(36)40(38(28)32-17-19-34(41-2)20-18-32)26-30-15-13-29(14-16-30)23-24-39-33-11-7-4-8-12-33/h3,5-6,9-10,13-22,25,33,39H,4,7-8,11-12,23-24,26-27H2,1-2H3. The van der Waals surface area contributed by atoms with Crippen molar-refractivity contribution in [3.63, 3.8) is 0 Å². The largest absolute Gasteiger partial charge is 0.497 e. The molecule has 42 heavy (non-hydrogen) atoms. The van der Waals surface area contributed by atoms with Crippen LogP contribution < -0.4 is 14.8 Å². The normalized spacial score (nSPS) is 13.9. The van der Waals surface area contributed by atoms with Gasteiger partial charge in [-0.15, -0.1) is 0 Å². The summed E-state index contributed by atoms with van der Waals surface area (Å²) in [6.45, 7) is 4.64.